The molecule has 130 valence electrons. The summed E-state index contributed by atoms with van der Waals surface area (Å²) in [5, 5.41) is 4.08. The van der Waals surface area contributed by atoms with Crippen molar-refractivity contribution >= 4 is 0 Å². The van der Waals surface area contributed by atoms with E-state index >= 15 is 0 Å². The van der Waals surface area contributed by atoms with Gasteiger partial charge in [0.25, 0.3) is 0 Å². The van der Waals surface area contributed by atoms with Crippen molar-refractivity contribution in [2.45, 2.75) is 51.4 Å². The van der Waals surface area contributed by atoms with Gasteiger partial charge in [-0.15, -0.1) is 0 Å². The van der Waals surface area contributed by atoms with E-state index in [-0.39, 0.29) is 5.82 Å². The lowest BCUT2D eigenvalue weighted by molar-refractivity contribution is 0.184. The van der Waals surface area contributed by atoms with Gasteiger partial charge in [-0.25, -0.2) is 4.39 Å². The summed E-state index contributed by atoms with van der Waals surface area (Å²) in [5.74, 6) is 1.32. The van der Waals surface area contributed by atoms with E-state index in [1.807, 2.05) is 0 Å². The zero-order chi connectivity index (χ0) is 16.8. The van der Waals surface area contributed by atoms with Crippen molar-refractivity contribution in [2.24, 2.45) is 0 Å². The molecule has 4 nitrogen and oxygen atoms in total. The zero-order valence-electron chi connectivity index (χ0n) is 14.4. The summed E-state index contributed by atoms with van der Waals surface area (Å²) in [6.07, 6.45) is 7.44. The van der Waals surface area contributed by atoms with Gasteiger partial charge in [-0.1, -0.05) is 31.3 Å². The molecule has 0 spiro atoms. The number of piperidine rings is 1. The first-order chi connectivity index (χ1) is 11.8. The molecule has 1 aliphatic heterocycles. The van der Waals surface area contributed by atoms with Crippen molar-refractivity contribution in [3.05, 3.63) is 36.0 Å². The van der Waals surface area contributed by atoms with Crippen LogP contribution >= 0.6 is 0 Å². The van der Waals surface area contributed by atoms with Gasteiger partial charge in [-0.3, -0.25) is 0 Å². The van der Waals surface area contributed by atoms with E-state index in [1.165, 1.54) is 50.8 Å². The van der Waals surface area contributed by atoms with Crippen LogP contribution in [0.2, 0.25) is 0 Å². The monoisotopic (exact) mass is 331 g/mol. The Labute approximate surface area is 143 Å². The van der Waals surface area contributed by atoms with Crippen molar-refractivity contribution in [1.82, 2.24) is 15.0 Å². The summed E-state index contributed by atoms with van der Waals surface area (Å²) < 4.78 is 18.5. The fourth-order valence-corrected chi connectivity index (χ4v) is 3.34. The van der Waals surface area contributed by atoms with Crippen LogP contribution in [-0.2, 0) is 0 Å². The standard InChI is InChI=1S/C19H26FN3O/c1-2-3-4-5-12-23-13-6-7-16(14-23)19-21-18(22-24-19)15-8-10-17(20)11-9-15/h8-11,16H,2-7,12-14H2,1H3. The minimum Gasteiger partial charge on any atom is -0.339 e. The summed E-state index contributed by atoms with van der Waals surface area (Å²) in [6, 6.07) is 6.21. The zero-order valence-corrected chi connectivity index (χ0v) is 14.4. The number of nitrogens with zero attached hydrogens (tertiary/aromatic N) is 3. The molecular weight excluding hydrogens is 305 g/mol. The van der Waals surface area contributed by atoms with Crippen molar-refractivity contribution in [3.8, 4) is 11.4 Å². The molecule has 1 aromatic carbocycles. The molecule has 0 amide bonds. The molecule has 0 aliphatic carbocycles. The van der Waals surface area contributed by atoms with Crippen LogP contribution < -0.4 is 0 Å². The van der Waals surface area contributed by atoms with Gasteiger partial charge in [-0.2, -0.15) is 4.98 Å². The largest absolute Gasteiger partial charge is 0.339 e. The molecule has 0 radical (unpaired) electrons. The molecule has 24 heavy (non-hydrogen) atoms. The predicted molar refractivity (Wildman–Crippen MR) is 92.2 cm³/mol. The molecule has 1 aliphatic rings. The average molecular weight is 331 g/mol. The predicted octanol–water partition coefficient (Wildman–Crippen LogP) is 4.64. The first-order valence-electron chi connectivity index (χ1n) is 9.08. The molecule has 2 heterocycles. The van der Waals surface area contributed by atoms with Crippen LogP contribution in [0.1, 0.15) is 57.3 Å². The number of unbranched alkanes of at least 4 members (excludes halogenated alkanes) is 3. The third-order valence-electron chi connectivity index (χ3n) is 4.73. The number of hydrogen-bond donors (Lipinski definition) is 0. The maximum Gasteiger partial charge on any atom is 0.231 e. The highest BCUT2D eigenvalue weighted by atomic mass is 19.1. The number of likely N-dealkylation sites (tertiary alicyclic amines) is 1. The number of aromatic nitrogens is 2. The van der Waals surface area contributed by atoms with Crippen LogP contribution in [0.5, 0.6) is 0 Å². The second-order valence-electron chi connectivity index (χ2n) is 6.66. The topological polar surface area (TPSA) is 42.2 Å². The van der Waals surface area contributed by atoms with Gasteiger partial charge in [0.05, 0.1) is 5.92 Å². The smallest absolute Gasteiger partial charge is 0.231 e. The van der Waals surface area contributed by atoms with E-state index < -0.39 is 0 Å². The SMILES string of the molecule is CCCCCCN1CCCC(c2nc(-c3ccc(F)cc3)no2)C1. The highest BCUT2D eigenvalue weighted by Crippen LogP contribution is 2.27. The fourth-order valence-electron chi connectivity index (χ4n) is 3.34. The van der Waals surface area contributed by atoms with E-state index in [2.05, 4.69) is 22.0 Å². The summed E-state index contributed by atoms with van der Waals surface area (Å²) in [6.45, 7) is 5.57. The average Bonchev–Trinajstić information content (AvgIpc) is 3.10. The lowest BCUT2D eigenvalue weighted by Crippen LogP contribution is -2.35. The van der Waals surface area contributed by atoms with Gasteiger partial charge in [0.2, 0.25) is 11.7 Å². The number of rotatable bonds is 7. The Kier molecular flexibility index (Phi) is 5.96. The fraction of sp³-hybridized carbons (Fsp3) is 0.579. The Morgan fingerprint density at radius 1 is 1.21 bits per heavy atom. The van der Waals surface area contributed by atoms with Crippen molar-refractivity contribution < 1.29 is 8.91 Å². The van der Waals surface area contributed by atoms with E-state index in [1.54, 1.807) is 12.1 Å². The van der Waals surface area contributed by atoms with Gasteiger partial charge >= 0.3 is 0 Å². The molecule has 1 aromatic heterocycles. The number of halogens is 1. The molecular formula is C19H26FN3O. The van der Waals surface area contributed by atoms with E-state index in [0.717, 1.165) is 25.1 Å². The lowest BCUT2D eigenvalue weighted by atomic mass is 9.97. The molecule has 5 heteroatoms. The normalized spacial score (nSPS) is 18.8. The molecule has 0 saturated carbocycles. The van der Waals surface area contributed by atoms with Crippen LogP contribution in [0.3, 0.4) is 0 Å². The van der Waals surface area contributed by atoms with Crippen LogP contribution in [0.4, 0.5) is 4.39 Å². The Morgan fingerprint density at radius 2 is 2.04 bits per heavy atom. The van der Waals surface area contributed by atoms with Crippen LogP contribution in [0.15, 0.2) is 28.8 Å². The minimum absolute atomic E-state index is 0.256. The maximum absolute atomic E-state index is 13.0. The molecule has 1 atom stereocenters. The molecule has 0 N–H and O–H groups in total. The highest BCUT2D eigenvalue weighted by molar-refractivity contribution is 5.53. The lowest BCUT2D eigenvalue weighted by Gasteiger charge is -2.30. The molecule has 1 fully saturated rings. The third kappa shape index (κ3) is 4.41. The number of hydrogen-bond acceptors (Lipinski definition) is 4. The Bertz CT molecular complexity index is 626. The highest BCUT2D eigenvalue weighted by Gasteiger charge is 2.25. The molecule has 1 unspecified atom stereocenters. The van der Waals surface area contributed by atoms with Gasteiger partial charge in [0.15, 0.2) is 0 Å². The Morgan fingerprint density at radius 3 is 2.83 bits per heavy atom. The van der Waals surface area contributed by atoms with Crippen molar-refractivity contribution in [1.29, 1.82) is 0 Å². The van der Waals surface area contributed by atoms with Gasteiger partial charge < -0.3 is 9.42 Å². The first-order valence-corrected chi connectivity index (χ1v) is 9.08. The molecule has 3 rings (SSSR count). The van der Waals surface area contributed by atoms with E-state index in [9.17, 15) is 4.39 Å². The second-order valence-corrected chi connectivity index (χ2v) is 6.66. The Hall–Kier alpha value is -1.75. The van der Waals surface area contributed by atoms with Gasteiger partial charge in [-0.05, 0) is 56.6 Å². The van der Waals surface area contributed by atoms with Crippen molar-refractivity contribution in [3.63, 3.8) is 0 Å². The van der Waals surface area contributed by atoms with Crippen LogP contribution in [-0.4, -0.2) is 34.7 Å². The summed E-state index contributed by atoms with van der Waals surface area (Å²) in [5.41, 5.74) is 0.790. The Balaban J connectivity index is 1.59. The van der Waals surface area contributed by atoms with Crippen molar-refractivity contribution in [2.75, 3.05) is 19.6 Å². The summed E-state index contributed by atoms with van der Waals surface area (Å²) in [7, 11) is 0. The maximum atomic E-state index is 13.0. The van der Waals surface area contributed by atoms with Gasteiger partial charge in [0, 0.05) is 12.1 Å². The van der Waals surface area contributed by atoms with Crippen LogP contribution in [0.25, 0.3) is 11.4 Å². The molecule has 0 bridgehead atoms. The first kappa shape index (κ1) is 17.1. The summed E-state index contributed by atoms with van der Waals surface area (Å²) in [4.78, 5) is 7.07. The van der Waals surface area contributed by atoms with E-state index in [4.69, 9.17) is 4.52 Å². The summed E-state index contributed by atoms with van der Waals surface area (Å²) >= 11 is 0. The minimum atomic E-state index is -0.256. The van der Waals surface area contributed by atoms with Crippen LogP contribution in [0, 0.1) is 5.82 Å². The molecule has 1 saturated heterocycles. The number of benzene rings is 1. The second kappa shape index (κ2) is 8.38. The molecule has 2 aromatic rings. The quantitative estimate of drug-likeness (QED) is 0.693. The third-order valence-corrected chi connectivity index (χ3v) is 4.73. The van der Waals surface area contributed by atoms with E-state index in [0.29, 0.717) is 17.6 Å². The van der Waals surface area contributed by atoms with Gasteiger partial charge in [0.1, 0.15) is 5.82 Å².